The van der Waals surface area contributed by atoms with E-state index in [4.69, 9.17) is 15.0 Å². The molecule has 0 N–H and O–H groups in total. The van der Waals surface area contributed by atoms with Gasteiger partial charge < -0.3 is 4.57 Å². The van der Waals surface area contributed by atoms with Crippen molar-refractivity contribution in [2.75, 3.05) is 0 Å². The molecule has 0 bridgehead atoms. The molecule has 0 unspecified atom stereocenters. The van der Waals surface area contributed by atoms with Crippen LogP contribution >= 0.6 is 0 Å². The topological polar surface area (TPSA) is 43.6 Å². The van der Waals surface area contributed by atoms with Crippen molar-refractivity contribution in [1.82, 2.24) is 19.5 Å². The first kappa shape index (κ1) is 40.1. The van der Waals surface area contributed by atoms with E-state index in [1.165, 1.54) is 60.1 Å². The first-order valence-corrected chi connectivity index (χ1v) is 23.4. The molecule has 2 heterocycles. The van der Waals surface area contributed by atoms with Gasteiger partial charge in [0.1, 0.15) is 0 Å². The molecule has 0 fully saturated rings. The molecule has 4 heteroatoms. The second-order valence-electron chi connectivity index (χ2n) is 17.6. The molecule has 13 rings (SSSR count). The maximum absolute atomic E-state index is 5.27. The summed E-state index contributed by atoms with van der Waals surface area (Å²) in [5.41, 5.74) is 15.4. The predicted octanol–water partition coefficient (Wildman–Crippen LogP) is 16.9. The fraction of sp³-hybridized carbons (Fsp3) is 0. The van der Waals surface area contributed by atoms with Gasteiger partial charge in [-0.2, -0.15) is 0 Å². The van der Waals surface area contributed by atoms with Gasteiger partial charge in [-0.3, -0.25) is 0 Å². The number of nitrogens with zero attached hydrogens (tertiary/aromatic N) is 4. The highest BCUT2D eigenvalue weighted by Crippen LogP contribution is 2.43. The Morgan fingerprint density at radius 3 is 1.22 bits per heavy atom. The fourth-order valence-corrected chi connectivity index (χ4v) is 10.1. The van der Waals surface area contributed by atoms with E-state index in [0.717, 1.165) is 50.1 Å². The summed E-state index contributed by atoms with van der Waals surface area (Å²) in [4.78, 5) is 15.6. The van der Waals surface area contributed by atoms with Crippen LogP contribution in [0.25, 0.3) is 128 Å². The number of aromatic nitrogens is 4. The highest BCUT2D eigenvalue weighted by Gasteiger charge is 2.21. The van der Waals surface area contributed by atoms with Gasteiger partial charge in [0.15, 0.2) is 17.5 Å². The summed E-state index contributed by atoms with van der Waals surface area (Å²) in [5, 5.41) is 7.34. The molecule has 13 aromatic rings. The van der Waals surface area contributed by atoms with Gasteiger partial charge in [-0.1, -0.05) is 212 Å². The standard InChI is InChI=1S/C65H42N4/c1-5-18-43(19-6-1)48-24-17-25-49(38-48)53-40-51(44-20-7-2-8-21-44)39-52(41-53)45-32-34-47(35-33-45)64-66-63(46-22-9-3-10-23-46)67-65(68-64)50-36-37-59-60(42-50)69(54-26-11-4-12-27-54)62-58-31-16-14-29-56(58)55-28-13-15-30-57(55)61(59)62/h1-42H. The van der Waals surface area contributed by atoms with Crippen molar-refractivity contribution in [1.29, 1.82) is 0 Å². The first-order valence-electron chi connectivity index (χ1n) is 23.4. The van der Waals surface area contributed by atoms with Gasteiger partial charge in [-0.25, -0.2) is 15.0 Å². The van der Waals surface area contributed by atoms with Gasteiger partial charge >= 0.3 is 0 Å². The van der Waals surface area contributed by atoms with Crippen LogP contribution in [0.1, 0.15) is 0 Å². The second-order valence-corrected chi connectivity index (χ2v) is 17.6. The van der Waals surface area contributed by atoms with Crippen molar-refractivity contribution in [2.45, 2.75) is 0 Å². The summed E-state index contributed by atoms with van der Waals surface area (Å²) >= 11 is 0. The molecule has 0 aliphatic rings. The highest BCUT2D eigenvalue weighted by atomic mass is 15.0. The number of benzene rings is 11. The molecule has 0 spiro atoms. The van der Waals surface area contributed by atoms with Crippen molar-refractivity contribution in [3.8, 4) is 84.4 Å². The molecular formula is C65H42N4. The quantitative estimate of drug-likeness (QED) is 0.143. The monoisotopic (exact) mass is 878 g/mol. The number of hydrogen-bond donors (Lipinski definition) is 0. The van der Waals surface area contributed by atoms with Crippen molar-refractivity contribution < 1.29 is 0 Å². The van der Waals surface area contributed by atoms with E-state index in [9.17, 15) is 0 Å². The van der Waals surface area contributed by atoms with Gasteiger partial charge in [0.2, 0.25) is 0 Å². The molecule has 69 heavy (non-hydrogen) atoms. The van der Waals surface area contributed by atoms with Crippen LogP contribution in [-0.4, -0.2) is 19.5 Å². The minimum absolute atomic E-state index is 0.613. The molecule has 0 aliphatic carbocycles. The van der Waals surface area contributed by atoms with E-state index >= 15 is 0 Å². The summed E-state index contributed by atoms with van der Waals surface area (Å²) in [6.07, 6.45) is 0. The van der Waals surface area contributed by atoms with E-state index in [1.54, 1.807) is 0 Å². The minimum atomic E-state index is 0.613. The summed E-state index contributed by atoms with van der Waals surface area (Å²) in [7, 11) is 0. The third-order valence-corrected chi connectivity index (χ3v) is 13.4. The van der Waals surface area contributed by atoms with Crippen LogP contribution in [0.5, 0.6) is 0 Å². The molecule has 0 amide bonds. The molecule has 2 aromatic heterocycles. The Labute approximate surface area is 400 Å². The number of rotatable bonds is 8. The fourth-order valence-electron chi connectivity index (χ4n) is 10.1. The molecule has 4 nitrogen and oxygen atoms in total. The Morgan fingerprint density at radius 1 is 0.232 bits per heavy atom. The Balaban J connectivity index is 0.953. The molecule has 0 atom stereocenters. The highest BCUT2D eigenvalue weighted by molar-refractivity contribution is 6.32. The second kappa shape index (κ2) is 16.9. The lowest BCUT2D eigenvalue weighted by Crippen LogP contribution is -2.00. The smallest absolute Gasteiger partial charge is 0.164 e. The Hall–Kier alpha value is -9.25. The molecule has 322 valence electrons. The van der Waals surface area contributed by atoms with E-state index in [0.29, 0.717) is 17.5 Å². The van der Waals surface area contributed by atoms with Gasteiger partial charge in [0.05, 0.1) is 11.0 Å². The number of para-hydroxylation sites is 1. The average Bonchev–Trinajstić information content (AvgIpc) is 3.79. The zero-order chi connectivity index (χ0) is 45.7. The van der Waals surface area contributed by atoms with E-state index < -0.39 is 0 Å². The van der Waals surface area contributed by atoms with Crippen molar-refractivity contribution >= 4 is 43.4 Å². The lowest BCUT2D eigenvalue weighted by molar-refractivity contribution is 1.07. The van der Waals surface area contributed by atoms with Gasteiger partial charge in [-0.05, 0) is 103 Å². The molecule has 0 saturated heterocycles. The van der Waals surface area contributed by atoms with E-state index in [1.807, 2.05) is 18.2 Å². The lowest BCUT2D eigenvalue weighted by atomic mass is 9.92. The maximum atomic E-state index is 5.27. The van der Waals surface area contributed by atoms with Crippen LogP contribution < -0.4 is 0 Å². The zero-order valence-electron chi connectivity index (χ0n) is 37.5. The lowest BCUT2D eigenvalue weighted by Gasteiger charge is -2.13. The molecule has 11 aromatic carbocycles. The number of hydrogen-bond acceptors (Lipinski definition) is 3. The van der Waals surface area contributed by atoms with Crippen LogP contribution in [0, 0.1) is 0 Å². The largest absolute Gasteiger partial charge is 0.309 e. The van der Waals surface area contributed by atoms with Gasteiger partial charge in [0.25, 0.3) is 0 Å². The normalized spacial score (nSPS) is 11.5. The van der Waals surface area contributed by atoms with Crippen LogP contribution in [0.3, 0.4) is 0 Å². The first-order chi connectivity index (χ1) is 34.2. The maximum Gasteiger partial charge on any atom is 0.164 e. The number of fused-ring (bicyclic) bond motifs is 8. The summed E-state index contributed by atoms with van der Waals surface area (Å²) in [6, 6.07) is 90.7. The van der Waals surface area contributed by atoms with E-state index in [2.05, 4.69) is 241 Å². The summed E-state index contributed by atoms with van der Waals surface area (Å²) in [6.45, 7) is 0. The average molecular weight is 879 g/mol. The van der Waals surface area contributed by atoms with Crippen molar-refractivity contribution in [2.24, 2.45) is 0 Å². The van der Waals surface area contributed by atoms with Crippen molar-refractivity contribution in [3.63, 3.8) is 0 Å². The third-order valence-electron chi connectivity index (χ3n) is 13.4. The van der Waals surface area contributed by atoms with Gasteiger partial charge in [-0.15, -0.1) is 0 Å². The summed E-state index contributed by atoms with van der Waals surface area (Å²) < 4.78 is 2.42. The predicted molar refractivity (Wildman–Crippen MR) is 287 cm³/mol. The molecule has 0 radical (unpaired) electrons. The molecule has 0 saturated carbocycles. The molecule has 0 aliphatic heterocycles. The van der Waals surface area contributed by atoms with Crippen LogP contribution in [0.15, 0.2) is 255 Å². The van der Waals surface area contributed by atoms with Crippen LogP contribution in [0.2, 0.25) is 0 Å². The Kier molecular flexibility index (Phi) is 9.80. The van der Waals surface area contributed by atoms with Crippen LogP contribution in [0.4, 0.5) is 0 Å². The van der Waals surface area contributed by atoms with Crippen LogP contribution in [-0.2, 0) is 0 Å². The molecular weight excluding hydrogens is 837 g/mol. The SMILES string of the molecule is c1ccc(-c2cccc(-c3cc(-c4ccccc4)cc(-c4ccc(-c5nc(-c6ccccc6)nc(-c6ccc7c8c9ccccc9c9ccccc9c8n(-c8ccccc8)c7c6)n5)cc4)c3)c2)cc1. The minimum Gasteiger partial charge on any atom is -0.309 e. The van der Waals surface area contributed by atoms with E-state index in [-0.39, 0.29) is 0 Å². The Morgan fingerprint density at radius 2 is 0.609 bits per heavy atom. The van der Waals surface area contributed by atoms with Gasteiger partial charge in [0, 0.05) is 38.5 Å². The third kappa shape index (κ3) is 7.23. The Bertz CT molecular complexity index is 4030. The zero-order valence-corrected chi connectivity index (χ0v) is 37.5. The van der Waals surface area contributed by atoms with Crippen molar-refractivity contribution in [3.05, 3.63) is 255 Å². The summed E-state index contributed by atoms with van der Waals surface area (Å²) in [5.74, 6) is 1.85.